The lowest BCUT2D eigenvalue weighted by atomic mass is 10.1. The molecule has 2 aromatic carbocycles. The standard InChI is InChI=1S/C21H23ClN2O9S/c1-30-7-6-23-34(28,29)16-4-5-18(17(22)11-16)33-12-19(25)24-15-9-13(20(26)31-2)8-14(10-15)21(27)32-3/h4-5,8-11,23H,6-7,12H2,1-3H3,(H,24,25). The summed E-state index contributed by atoms with van der Waals surface area (Å²) >= 11 is 6.11. The Morgan fingerprint density at radius 2 is 1.56 bits per heavy atom. The van der Waals surface area contributed by atoms with Gasteiger partial charge in [-0.3, -0.25) is 4.79 Å². The lowest BCUT2D eigenvalue weighted by molar-refractivity contribution is -0.118. The predicted octanol–water partition coefficient (Wildman–Crippen LogP) is 1.86. The molecule has 34 heavy (non-hydrogen) atoms. The summed E-state index contributed by atoms with van der Waals surface area (Å²) in [5.41, 5.74) is 0.188. The fourth-order valence-corrected chi connectivity index (χ4v) is 3.98. The van der Waals surface area contributed by atoms with Crippen LogP contribution in [-0.4, -0.2) is 67.4 Å². The van der Waals surface area contributed by atoms with Crippen molar-refractivity contribution in [3.05, 3.63) is 52.5 Å². The molecule has 2 aromatic rings. The van der Waals surface area contributed by atoms with Gasteiger partial charge in [0.2, 0.25) is 10.0 Å². The fraction of sp³-hybridized carbons (Fsp3) is 0.286. The van der Waals surface area contributed by atoms with Crippen LogP contribution in [0.4, 0.5) is 5.69 Å². The normalized spacial score (nSPS) is 10.9. The molecule has 0 bridgehead atoms. The van der Waals surface area contributed by atoms with Gasteiger partial charge in [-0.1, -0.05) is 11.6 Å². The second-order valence-electron chi connectivity index (χ2n) is 6.60. The number of amides is 1. The molecule has 0 aliphatic carbocycles. The Balaban J connectivity index is 2.09. The fourth-order valence-electron chi connectivity index (χ4n) is 2.64. The zero-order valence-corrected chi connectivity index (χ0v) is 20.1. The van der Waals surface area contributed by atoms with Gasteiger partial charge in [0.25, 0.3) is 5.91 Å². The summed E-state index contributed by atoms with van der Waals surface area (Å²) in [5.74, 6) is -1.98. The minimum Gasteiger partial charge on any atom is -0.482 e. The Morgan fingerprint density at radius 1 is 0.941 bits per heavy atom. The van der Waals surface area contributed by atoms with Crippen LogP contribution in [0.5, 0.6) is 5.75 Å². The van der Waals surface area contributed by atoms with E-state index in [0.29, 0.717) is 0 Å². The summed E-state index contributed by atoms with van der Waals surface area (Å²) in [6, 6.07) is 7.68. The molecular weight excluding hydrogens is 492 g/mol. The third-order valence-electron chi connectivity index (χ3n) is 4.23. The molecular formula is C21H23ClN2O9S. The van der Waals surface area contributed by atoms with Gasteiger partial charge in [-0.15, -0.1) is 0 Å². The maximum Gasteiger partial charge on any atom is 0.337 e. The van der Waals surface area contributed by atoms with Crippen molar-refractivity contribution in [2.75, 3.05) is 46.4 Å². The molecule has 0 saturated carbocycles. The molecule has 13 heteroatoms. The Kier molecular flexibility index (Phi) is 9.81. The van der Waals surface area contributed by atoms with Gasteiger partial charge in [0, 0.05) is 19.3 Å². The first-order valence-corrected chi connectivity index (χ1v) is 11.5. The number of carbonyl (C=O) groups is 3. The SMILES string of the molecule is COCCNS(=O)(=O)c1ccc(OCC(=O)Nc2cc(C(=O)OC)cc(C(=O)OC)c2)c(Cl)c1. The molecule has 0 spiro atoms. The van der Waals surface area contributed by atoms with Crippen molar-refractivity contribution in [3.63, 3.8) is 0 Å². The minimum atomic E-state index is -3.80. The molecule has 0 aromatic heterocycles. The first kappa shape index (κ1) is 27.1. The van der Waals surface area contributed by atoms with Gasteiger partial charge in [0.15, 0.2) is 6.61 Å². The zero-order chi connectivity index (χ0) is 25.3. The van der Waals surface area contributed by atoms with Gasteiger partial charge in [0.1, 0.15) is 5.75 Å². The van der Waals surface area contributed by atoms with Crippen molar-refractivity contribution in [1.29, 1.82) is 0 Å². The summed E-state index contributed by atoms with van der Waals surface area (Å²) in [7, 11) is 0.00198. The van der Waals surface area contributed by atoms with Gasteiger partial charge in [-0.25, -0.2) is 22.7 Å². The highest BCUT2D eigenvalue weighted by atomic mass is 35.5. The lowest BCUT2D eigenvalue weighted by Crippen LogP contribution is -2.27. The lowest BCUT2D eigenvalue weighted by Gasteiger charge is -2.12. The Labute approximate surface area is 201 Å². The van der Waals surface area contributed by atoms with Crippen LogP contribution >= 0.6 is 11.6 Å². The summed E-state index contributed by atoms with van der Waals surface area (Å²) in [5, 5.41) is 2.47. The van der Waals surface area contributed by atoms with Crippen LogP contribution in [0.2, 0.25) is 5.02 Å². The number of carbonyl (C=O) groups excluding carboxylic acids is 3. The Morgan fingerprint density at radius 3 is 2.09 bits per heavy atom. The van der Waals surface area contributed by atoms with Crippen molar-refractivity contribution in [2.45, 2.75) is 4.90 Å². The molecule has 184 valence electrons. The quantitative estimate of drug-likeness (QED) is 0.338. The summed E-state index contributed by atoms with van der Waals surface area (Å²) in [6.45, 7) is -0.204. The zero-order valence-electron chi connectivity index (χ0n) is 18.5. The van der Waals surface area contributed by atoms with Gasteiger partial charge in [-0.2, -0.15) is 0 Å². The number of nitrogens with one attached hydrogen (secondary N) is 2. The van der Waals surface area contributed by atoms with Crippen LogP contribution in [0, 0.1) is 0 Å². The van der Waals surface area contributed by atoms with E-state index in [2.05, 4.69) is 19.5 Å². The highest BCUT2D eigenvalue weighted by Gasteiger charge is 2.17. The number of ether oxygens (including phenoxy) is 4. The molecule has 0 atom stereocenters. The maximum atomic E-state index is 12.3. The summed E-state index contributed by atoms with van der Waals surface area (Å²) < 4.78 is 46.3. The number of esters is 2. The third kappa shape index (κ3) is 7.42. The molecule has 0 saturated heterocycles. The number of rotatable bonds is 11. The number of hydrogen-bond acceptors (Lipinski definition) is 9. The number of sulfonamides is 1. The highest BCUT2D eigenvalue weighted by molar-refractivity contribution is 7.89. The second kappa shape index (κ2) is 12.3. The Bertz CT molecular complexity index is 1130. The van der Waals surface area contributed by atoms with Gasteiger partial charge in [0.05, 0.1) is 41.9 Å². The van der Waals surface area contributed by atoms with Crippen LogP contribution in [0.25, 0.3) is 0 Å². The van der Waals surface area contributed by atoms with E-state index in [9.17, 15) is 22.8 Å². The molecule has 0 fully saturated rings. The molecule has 1 amide bonds. The number of anilines is 1. The van der Waals surface area contributed by atoms with E-state index in [1.54, 1.807) is 0 Å². The molecule has 11 nitrogen and oxygen atoms in total. The van der Waals surface area contributed by atoms with E-state index in [0.717, 1.165) is 0 Å². The Hall–Kier alpha value is -3.19. The number of halogens is 1. The van der Waals surface area contributed by atoms with Crippen LogP contribution in [0.15, 0.2) is 41.3 Å². The molecule has 2 N–H and O–H groups in total. The van der Waals surface area contributed by atoms with Crippen molar-refractivity contribution < 1.29 is 41.7 Å². The second-order valence-corrected chi connectivity index (χ2v) is 8.78. The van der Waals surface area contributed by atoms with Crippen LogP contribution in [0.1, 0.15) is 20.7 Å². The molecule has 0 aliphatic heterocycles. The highest BCUT2D eigenvalue weighted by Crippen LogP contribution is 2.27. The van der Waals surface area contributed by atoms with Crippen molar-refractivity contribution in [3.8, 4) is 5.75 Å². The first-order valence-electron chi connectivity index (χ1n) is 9.63. The van der Waals surface area contributed by atoms with Gasteiger partial charge >= 0.3 is 11.9 Å². The average molecular weight is 515 g/mol. The minimum absolute atomic E-state index is 0.0249. The third-order valence-corrected chi connectivity index (χ3v) is 5.98. The monoisotopic (exact) mass is 514 g/mol. The van der Waals surface area contributed by atoms with Crippen LogP contribution < -0.4 is 14.8 Å². The van der Waals surface area contributed by atoms with Crippen molar-refractivity contribution in [2.24, 2.45) is 0 Å². The van der Waals surface area contributed by atoms with Crippen molar-refractivity contribution >= 4 is 45.2 Å². The number of hydrogen-bond donors (Lipinski definition) is 2. The average Bonchev–Trinajstić information content (AvgIpc) is 2.81. The molecule has 2 rings (SSSR count). The van der Waals surface area contributed by atoms with Crippen LogP contribution in [-0.2, 0) is 29.0 Å². The van der Waals surface area contributed by atoms with Crippen LogP contribution in [0.3, 0.4) is 0 Å². The van der Waals surface area contributed by atoms with Gasteiger partial charge < -0.3 is 24.3 Å². The van der Waals surface area contributed by atoms with Crippen molar-refractivity contribution in [1.82, 2.24) is 4.72 Å². The topological polar surface area (TPSA) is 146 Å². The first-order chi connectivity index (χ1) is 16.1. The maximum absolute atomic E-state index is 12.3. The van der Waals surface area contributed by atoms with E-state index in [1.165, 1.54) is 57.7 Å². The smallest absolute Gasteiger partial charge is 0.337 e. The van der Waals surface area contributed by atoms with E-state index in [-0.39, 0.29) is 45.6 Å². The van der Waals surface area contributed by atoms with Gasteiger partial charge in [-0.05, 0) is 36.4 Å². The van der Waals surface area contributed by atoms with E-state index in [1.807, 2.05) is 0 Å². The van der Waals surface area contributed by atoms with E-state index < -0.39 is 34.5 Å². The molecule has 0 radical (unpaired) electrons. The molecule has 0 unspecified atom stereocenters. The summed E-state index contributed by atoms with van der Waals surface area (Å²) in [6.07, 6.45) is 0. The van der Waals surface area contributed by atoms with E-state index in [4.69, 9.17) is 21.1 Å². The number of benzene rings is 2. The largest absolute Gasteiger partial charge is 0.482 e. The summed E-state index contributed by atoms with van der Waals surface area (Å²) in [4.78, 5) is 36.0. The molecule has 0 aliphatic rings. The number of methoxy groups -OCH3 is 3. The van der Waals surface area contributed by atoms with E-state index >= 15 is 0 Å². The molecule has 0 heterocycles. The predicted molar refractivity (Wildman–Crippen MR) is 122 cm³/mol.